The van der Waals surface area contributed by atoms with Crippen molar-refractivity contribution in [1.82, 2.24) is 10.6 Å². The normalized spacial score (nSPS) is 23.6. The Balaban J connectivity index is 2.21. The highest BCUT2D eigenvalue weighted by Gasteiger charge is 2.14. The van der Waals surface area contributed by atoms with Crippen molar-refractivity contribution < 1.29 is 4.79 Å². The lowest BCUT2D eigenvalue weighted by atomic mass is 9.99. The summed E-state index contributed by atoms with van der Waals surface area (Å²) in [5.74, 6) is 0.755. The highest BCUT2D eigenvalue weighted by Crippen LogP contribution is 2.14. The molecule has 1 amide bonds. The third-order valence-electron chi connectivity index (χ3n) is 2.50. The summed E-state index contributed by atoms with van der Waals surface area (Å²) < 4.78 is 0. The molecule has 76 valence electrons. The number of nitrogens with one attached hydrogen (secondary N) is 2. The molecule has 1 unspecified atom stereocenters. The first-order chi connectivity index (χ1) is 6.33. The quantitative estimate of drug-likeness (QED) is 0.684. The first-order valence-electron chi connectivity index (χ1n) is 5.30. The molecule has 1 aliphatic heterocycles. The van der Waals surface area contributed by atoms with E-state index in [0.717, 1.165) is 19.6 Å². The van der Waals surface area contributed by atoms with Crippen LogP contribution in [0.15, 0.2) is 0 Å². The monoisotopic (exact) mass is 184 g/mol. The van der Waals surface area contributed by atoms with E-state index < -0.39 is 0 Å². The molecule has 1 heterocycles. The third kappa shape index (κ3) is 4.27. The van der Waals surface area contributed by atoms with Crippen LogP contribution < -0.4 is 10.6 Å². The summed E-state index contributed by atoms with van der Waals surface area (Å²) in [5.41, 5.74) is 0. The Kier molecular flexibility index (Phi) is 4.83. The lowest BCUT2D eigenvalue weighted by Gasteiger charge is -2.12. The average Bonchev–Trinajstić information content (AvgIpc) is 2.33. The number of amides is 1. The van der Waals surface area contributed by atoms with Gasteiger partial charge in [0.05, 0.1) is 0 Å². The molecule has 0 aromatic carbocycles. The molecule has 0 spiro atoms. The lowest BCUT2D eigenvalue weighted by molar-refractivity contribution is -0.121. The van der Waals surface area contributed by atoms with E-state index in [1.807, 2.05) is 6.92 Å². The minimum absolute atomic E-state index is 0.205. The zero-order valence-electron chi connectivity index (χ0n) is 8.44. The molecular formula is C10H20N2O. The number of carbonyl (C=O) groups is 1. The van der Waals surface area contributed by atoms with Gasteiger partial charge in [-0.25, -0.2) is 0 Å². The molecule has 0 bridgehead atoms. The lowest BCUT2D eigenvalue weighted by Crippen LogP contribution is -2.29. The van der Waals surface area contributed by atoms with Gasteiger partial charge in [-0.2, -0.15) is 0 Å². The predicted octanol–water partition coefficient (Wildman–Crippen LogP) is 0.902. The predicted molar refractivity (Wildman–Crippen MR) is 53.5 cm³/mol. The van der Waals surface area contributed by atoms with E-state index in [2.05, 4.69) is 10.6 Å². The summed E-state index contributed by atoms with van der Waals surface area (Å²) in [4.78, 5) is 11.3. The first-order valence-corrected chi connectivity index (χ1v) is 5.30. The SMILES string of the molecule is CCNC(=O)CC1CCCCNC1. The Labute approximate surface area is 80.3 Å². The number of carbonyl (C=O) groups excluding carboxylic acids is 1. The Bertz CT molecular complexity index is 151. The average molecular weight is 184 g/mol. The third-order valence-corrected chi connectivity index (χ3v) is 2.50. The second-order valence-corrected chi connectivity index (χ2v) is 3.72. The van der Waals surface area contributed by atoms with Crippen LogP contribution in [0.2, 0.25) is 0 Å². The molecule has 2 N–H and O–H groups in total. The Hall–Kier alpha value is -0.570. The fraction of sp³-hybridized carbons (Fsp3) is 0.900. The van der Waals surface area contributed by atoms with Crippen molar-refractivity contribution in [3.05, 3.63) is 0 Å². The van der Waals surface area contributed by atoms with Crippen molar-refractivity contribution in [2.75, 3.05) is 19.6 Å². The number of hydrogen-bond acceptors (Lipinski definition) is 2. The van der Waals surface area contributed by atoms with Crippen LogP contribution in [0, 0.1) is 5.92 Å². The minimum atomic E-state index is 0.205. The van der Waals surface area contributed by atoms with E-state index >= 15 is 0 Å². The van der Waals surface area contributed by atoms with Crippen LogP contribution in [-0.2, 0) is 4.79 Å². The summed E-state index contributed by atoms with van der Waals surface area (Å²) >= 11 is 0. The molecule has 0 radical (unpaired) electrons. The van der Waals surface area contributed by atoms with Gasteiger partial charge in [-0.15, -0.1) is 0 Å². The van der Waals surface area contributed by atoms with Gasteiger partial charge in [-0.05, 0) is 38.8 Å². The number of rotatable bonds is 3. The fourth-order valence-corrected chi connectivity index (χ4v) is 1.80. The van der Waals surface area contributed by atoms with Gasteiger partial charge < -0.3 is 10.6 Å². The Morgan fingerprint density at radius 1 is 1.54 bits per heavy atom. The van der Waals surface area contributed by atoms with Crippen LogP contribution in [0.3, 0.4) is 0 Å². The molecule has 3 heteroatoms. The molecule has 1 rings (SSSR count). The van der Waals surface area contributed by atoms with Crippen LogP contribution in [0.5, 0.6) is 0 Å². The summed E-state index contributed by atoms with van der Waals surface area (Å²) in [6.07, 6.45) is 4.41. The molecule has 0 aromatic heterocycles. The summed E-state index contributed by atoms with van der Waals surface area (Å²) in [6.45, 7) is 4.84. The van der Waals surface area contributed by atoms with E-state index in [4.69, 9.17) is 0 Å². The molecular weight excluding hydrogens is 164 g/mol. The van der Waals surface area contributed by atoms with Crippen molar-refractivity contribution in [2.45, 2.75) is 32.6 Å². The smallest absolute Gasteiger partial charge is 0.220 e. The van der Waals surface area contributed by atoms with E-state index in [0.29, 0.717) is 12.3 Å². The Morgan fingerprint density at radius 2 is 2.38 bits per heavy atom. The molecule has 13 heavy (non-hydrogen) atoms. The van der Waals surface area contributed by atoms with Gasteiger partial charge in [0.15, 0.2) is 0 Å². The van der Waals surface area contributed by atoms with Crippen LogP contribution in [0.1, 0.15) is 32.6 Å². The van der Waals surface area contributed by atoms with Crippen molar-refractivity contribution >= 4 is 5.91 Å². The van der Waals surface area contributed by atoms with Gasteiger partial charge in [0.25, 0.3) is 0 Å². The fourth-order valence-electron chi connectivity index (χ4n) is 1.80. The standard InChI is InChI=1S/C10H20N2O/c1-2-12-10(13)7-9-5-3-4-6-11-8-9/h9,11H,2-8H2,1H3,(H,12,13). The van der Waals surface area contributed by atoms with Crippen LogP contribution in [-0.4, -0.2) is 25.5 Å². The molecule has 0 aliphatic carbocycles. The molecule has 1 aliphatic rings. The molecule has 0 saturated carbocycles. The second-order valence-electron chi connectivity index (χ2n) is 3.72. The molecule has 1 saturated heterocycles. The summed E-state index contributed by atoms with van der Waals surface area (Å²) in [7, 11) is 0. The summed E-state index contributed by atoms with van der Waals surface area (Å²) in [5, 5.41) is 6.21. The van der Waals surface area contributed by atoms with Crippen molar-refractivity contribution in [1.29, 1.82) is 0 Å². The van der Waals surface area contributed by atoms with Gasteiger partial charge in [0.1, 0.15) is 0 Å². The molecule has 3 nitrogen and oxygen atoms in total. The van der Waals surface area contributed by atoms with Gasteiger partial charge in [0, 0.05) is 13.0 Å². The van der Waals surface area contributed by atoms with Crippen molar-refractivity contribution in [3.8, 4) is 0 Å². The highest BCUT2D eigenvalue weighted by molar-refractivity contribution is 5.76. The zero-order chi connectivity index (χ0) is 9.52. The maximum absolute atomic E-state index is 11.3. The number of hydrogen-bond donors (Lipinski definition) is 2. The van der Waals surface area contributed by atoms with E-state index in [-0.39, 0.29) is 5.91 Å². The molecule has 1 atom stereocenters. The largest absolute Gasteiger partial charge is 0.356 e. The summed E-state index contributed by atoms with van der Waals surface area (Å²) in [6, 6.07) is 0. The van der Waals surface area contributed by atoms with Gasteiger partial charge in [-0.3, -0.25) is 4.79 Å². The zero-order valence-corrected chi connectivity index (χ0v) is 8.44. The van der Waals surface area contributed by atoms with E-state index in [1.165, 1.54) is 19.3 Å². The van der Waals surface area contributed by atoms with Gasteiger partial charge >= 0.3 is 0 Å². The van der Waals surface area contributed by atoms with Gasteiger partial charge in [0.2, 0.25) is 5.91 Å². The maximum Gasteiger partial charge on any atom is 0.220 e. The van der Waals surface area contributed by atoms with E-state index in [1.54, 1.807) is 0 Å². The van der Waals surface area contributed by atoms with Crippen LogP contribution in [0.25, 0.3) is 0 Å². The van der Waals surface area contributed by atoms with Crippen LogP contribution in [0.4, 0.5) is 0 Å². The first kappa shape index (κ1) is 10.5. The second kappa shape index (κ2) is 5.97. The van der Waals surface area contributed by atoms with Crippen molar-refractivity contribution in [3.63, 3.8) is 0 Å². The molecule has 0 aromatic rings. The minimum Gasteiger partial charge on any atom is -0.356 e. The Morgan fingerprint density at radius 3 is 3.15 bits per heavy atom. The van der Waals surface area contributed by atoms with Crippen LogP contribution >= 0.6 is 0 Å². The van der Waals surface area contributed by atoms with Crippen molar-refractivity contribution in [2.24, 2.45) is 5.92 Å². The molecule has 1 fully saturated rings. The highest BCUT2D eigenvalue weighted by atomic mass is 16.1. The maximum atomic E-state index is 11.3. The van der Waals surface area contributed by atoms with E-state index in [9.17, 15) is 4.79 Å². The topological polar surface area (TPSA) is 41.1 Å². The van der Waals surface area contributed by atoms with Gasteiger partial charge in [-0.1, -0.05) is 6.42 Å².